The number of ether oxygens (including phenoxy) is 4. The summed E-state index contributed by atoms with van der Waals surface area (Å²) in [6.07, 6.45) is 5.94. The van der Waals surface area contributed by atoms with Gasteiger partial charge in [-0.05, 0) is 56.7 Å². The lowest BCUT2D eigenvalue weighted by molar-refractivity contribution is 0.0698. The molecule has 0 heterocycles. The summed E-state index contributed by atoms with van der Waals surface area (Å²) in [5.41, 5.74) is 1.10. The predicted molar refractivity (Wildman–Crippen MR) is 116 cm³/mol. The fourth-order valence-corrected chi connectivity index (χ4v) is 3.23. The van der Waals surface area contributed by atoms with Crippen LogP contribution < -0.4 is 20.1 Å². The van der Waals surface area contributed by atoms with Crippen LogP contribution in [0.15, 0.2) is 23.2 Å². The van der Waals surface area contributed by atoms with Crippen molar-refractivity contribution in [2.75, 3.05) is 47.1 Å². The fraction of sp³-hybridized carbons (Fsp3) is 0.682. The molecule has 7 heteroatoms. The lowest BCUT2D eigenvalue weighted by Crippen LogP contribution is -2.38. The van der Waals surface area contributed by atoms with Gasteiger partial charge in [0.05, 0.1) is 33.0 Å². The lowest BCUT2D eigenvalue weighted by atomic mass is 10.2. The zero-order valence-corrected chi connectivity index (χ0v) is 18.2. The highest BCUT2D eigenvalue weighted by Gasteiger charge is 2.18. The normalized spacial score (nSPS) is 14.8. The van der Waals surface area contributed by atoms with Gasteiger partial charge in [-0.1, -0.05) is 6.07 Å². The van der Waals surface area contributed by atoms with Crippen LogP contribution in [0.5, 0.6) is 11.5 Å². The summed E-state index contributed by atoms with van der Waals surface area (Å²) >= 11 is 0. The molecule has 0 unspecified atom stereocenters. The van der Waals surface area contributed by atoms with E-state index in [2.05, 4.69) is 17.6 Å². The first kappa shape index (κ1) is 23.3. The second-order valence-electron chi connectivity index (χ2n) is 7.09. The number of rotatable bonds is 13. The fourth-order valence-electron chi connectivity index (χ4n) is 3.23. The van der Waals surface area contributed by atoms with Gasteiger partial charge in [0.1, 0.15) is 0 Å². The van der Waals surface area contributed by atoms with E-state index in [0.717, 1.165) is 55.4 Å². The maximum Gasteiger partial charge on any atom is 0.191 e. The molecule has 0 radical (unpaired) electrons. The Morgan fingerprint density at radius 2 is 1.90 bits per heavy atom. The van der Waals surface area contributed by atoms with Crippen LogP contribution in [0, 0.1) is 0 Å². The van der Waals surface area contributed by atoms with E-state index in [0.29, 0.717) is 32.5 Å². The zero-order chi connectivity index (χ0) is 20.7. The summed E-state index contributed by atoms with van der Waals surface area (Å²) in [6.45, 7) is 6.22. The van der Waals surface area contributed by atoms with Gasteiger partial charge in [0.15, 0.2) is 17.5 Å². The minimum atomic E-state index is 0.299. The van der Waals surface area contributed by atoms with Crippen molar-refractivity contribution in [2.24, 2.45) is 4.99 Å². The molecule has 0 aliphatic heterocycles. The summed E-state index contributed by atoms with van der Waals surface area (Å²) in [7, 11) is 3.36. The van der Waals surface area contributed by atoms with Crippen LogP contribution >= 0.6 is 0 Å². The molecule has 1 fully saturated rings. The van der Waals surface area contributed by atoms with Gasteiger partial charge in [0.2, 0.25) is 0 Å². The first-order valence-corrected chi connectivity index (χ1v) is 10.7. The second-order valence-corrected chi connectivity index (χ2v) is 7.09. The van der Waals surface area contributed by atoms with Crippen molar-refractivity contribution in [3.05, 3.63) is 23.8 Å². The topological polar surface area (TPSA) is 73.3 Å². The summed E-state index contributed by atoms with van der Waals surface area (Å²) in [5.74, 6) is 2.40. The number of hydrogen-bond donors (Lipinski definition) is 2. The van der Waals surface area contributed by atoms with Gasteiger partial charge < -0.3 is 29.6 Å². The number of nitrogens with one attached hydrogen (secondary N) is 2. The Hall–Kier alpha value is -1.99. The molecule has 0 saturated heterocycles. The number of hydrogen-bond acceptors (Lipinski definition) is 5. The van der Waals surface area contributed by atoms with Crippen LogP contribution in [0.25, 0.3) is 0 Å². The molecule has 1 aromatic carbocycles. The third-order valence-electron chi connectivity index (χ3n) is 4.78. The first-order chi connectivity index (χ1) is 14.3. The molecular weight excluding hydrogens is 370 g/mol. The maximum absolute atomic E-state index is 6.18. The summed E-state index contributed by atoms with van der Waals surface area (Å²) in [6, 6.07) is 6.05. The SMILES string of the molecule is CCNC(=NCc1ccc(OC)c(OC2CCCC2)c1)NCCCOCCOC. The van der Waals surface area contributed by atoms with Gasteiger partial charge >= 0.3 is 0 Å². The number of aliphatic imine (C=N–C) groups is 1. The van der Waals surface area contributed by atoms with E-state index in [1.807, 2.05) is 18.2 Å². The van der Waals surface area contributed by atoms with Crippen molar-refractivity contribution in [3.63, 3.8) is 0 Å². The Morgan fingerprint density at radius 1 is 1.07 bits per heavy atom. The lowest BCUT2D eigenvalue weighted by Gasteiger charge is -2.17. The molecule has 7 nitrogen and oxygen atoms in total. The van der Waals surface area contributed by atoms with Gasteiger partial charge in [-0.25, -0.2) is 4.99 Å². The van der Waals surface area contributed by atoms with Crippen LogP contribution in [-0.2, 0) is 16.0 Å². The summed E-state index contributed by atoms with van der Waals surface area (Å²) in [4.78, 5) is 4.70. The van der Waals surface area contributed by atoms with Gasteiger partial charge in [0.25, 0.3) is 0 Å². The average Bonchev–Trinajstić information content (AvgIpc) is 3.24. The van der Waals surface area contributed by atoms with E-state index >= 15 is 0 Å². The highest BCUT2D eigenvalue weighted by molar-refractivity contribution is 5.79. The number of guanidine groups is 1. The number of methoxy groups -OCH3 is 2. The van der Waals surface area contributed by atoms with E-state index in [1.54, 1.807) is 14.2 Å². The van der Waals surface area contributed by atoms with E-state index < -0.39 is 0 Å². The van der Waals surface area contributed by atoms with Crippen molar-refractivity contribution in [1.82, 2.24) is 10.6 Å². The van der Waals surface area contributed by atoms with Gasteiger partial charge in [-0.15, -0.1) is 0 Å². The molecule has 0 aromatic heterocycles. The maximum atomic E-state index is 6.18. The standard InChI is InChI=1S/C22H37N3O4/c1-4-23-22(24-12-7-13-28-15-14-26-2)25-17-18-10-11-20(27-3)21(16-18)29-19-8-5-6-9-19/h10-11,16,19H,4-9,12-15,17H2,1-3H3,(H2,23,24,25). The molecule has 1 aliphatic rings. The summed E-state index contributed by atoms with van der Waals surface area (Å²) in [5, 5.41) is 6.63. The number of benzene rings is 1. The smallest absolute Gasteiger partial charge is 0.191 e. The largest absolute Gasteiger partial charge is 0.493 e. The molecule has 2 rings (SSSR count). The third-order valence-corrected chi connectivity index (χ3v) is 4.78. The molecule has 2 N–H and O–H groups in total. The zero-order valence-electron chi connectivity index (χ0n) is 18.2. The predicted octanol–water partition coefficient (Wildman–Crippen LogP) is 3.12. The van der Waals surface area contributed by atoms with E-state index in [-0.39, 0.29) is 0 Å². The quantitative estimate of drug-likeness (QED) is 0.297. The third kappa shape index (κ3) is 8.92. The molecule has 1 aromatic rings. The Morgan fingerprint density at radius 3 is 2.62 bits per heavy atom. The molecule has 1 aliphatic carbocycles. The van der Waals surface area contributed by atoms with Crippen molar-refractivity contribution >= 4 is 5.96 Å². The second kappa shape index (κ2) is 14.1. The molecule has 0 bridgehead atoms. The van der Waals surface area contributed by atoms with Crippen molar-refractivity contribution in [3.8, 4) is 11.5 Å². The van der Waals surface area contributed by atoms with Crippen molar-refractivity contribution in [2.45, 2.75) is 51.7 Å². The van der Waals surface area contributed by atoms with Gasteiger partial charge in [0, 0.05) is 26.8 Å². The average molecular weight is 408 g/mol. The summed E-state index contributed by atoms with van der Waals surface area (Å²) < 4.78 is 22.1. The van der Waals surface area contributed by atoms with Crippen LogP contribution in [0.3, 0.4) is 0 Å². The highest BCUT2D eigenvalue weighted by atomic mass is 16.5. The van der Waals surface area contributed by atoms with Crippen LogP contribution in [0.4, 0.5) is 0 Å². The Kier molecular flexibility index (Phi) is 11.3. The highest BCUT2D eigenvalue weighted by Crippen LogP contribution is 2.32. The number of nitrogens with zero attached hydrogens (tertiary/aromatic N) is 1. The van der Waals surface area contributed by atoms with Crippen molar-refractivity contribution in [1.29, 1.82) is 0 Å². The molecule has 164 valence electrons. The Balaban J connectivity index is 1.86. The van der Waals surface area contributed by atoms with E-state index in [9.17, 15) is 0 Å². The monoisotopic (exact) mass is 407 g/mol. The minimum absolute atomic E-state index is 0.299. The van der Waals surface area contributed by atoms with Crippen LogP contribution in [0.2, 0.25) is 0 Å². The molecule has 0 amide bonds. The van der Waals surface area contributed by atoms with Crippen molar-refractivity contribution < 1.29 is 18.9 Å². The first-order valence-electron chi connectivity index (χ1n) is 10.7. The molecule has 0 atom stereocenters. The van der Waals surface area contributed by atoms with E-state index in [4.69, 9.17) is 23.9 Å². The van der Waals surface area contributed by atoms with Crippen LogP contribution in [-0.4, -0.2) is 59.2 Å². The van der Waals surface area contributed by atoms with Gasteiger partial charge in [-0.3, -0.25) is 0 Å². The van der Waals surface area contributed by atoms with Crippen LogP contribution in [0.1, 0.15) is 44.6 Å². The molecule has 0 spiro atoms. The molecule has 29 heavy (non-hydrogen) atoms. The van der Waals surface area contributed by atoms with Gasteiger partial charge in [-0.2, -0.15) is 0 Å². The minimum Gasteiger partial charge on any atom is -0.493 e. The Bertz CT molecular complexity index is 604. The van der Waals surface area contributed by atoms with E-state index in [1.165, 1.54) is 12.8 Å². The molecule has 1 saturated carbocycles. The Labute approximate surface area is 175 Å². The molecular formula is C22H37N3O4.